The van der Waals surface area contributed by atoms with E-state index in [-0.39, 0.29) is 24.9 Å². The van der Waals surface area contributed by atoms with E-state index in [2.05, 4.69) is 24.5 Å². The molecule has 1 aromatic carbocycles. The molecule has 102 valence electrons. The van der Waals surface area contributed by atoms with Crippen molar-refractivity contribution in [1.29, 1.82) is 0 Å². The highest BCUT2D eigenvalue weighted by molar-refractivity contribution is 8.00. The smallest absolute Gasteiger partial charge is 0.238 e. The van der Waals surface area contributed by atoms with Crippen LogP contribution in [0.25, 0.3) is 0 Å². The van der Waals surface area contributed by atoms with Crippen molar-refractivity contribution in [3.05, 3.63) is 23.2 Å². The fourth-order valence-electron chi connectivity index (χ4n) is 1.32. The van der Waals surface area contributed by atoms with Crippen molar-refractivity contribution < 1.29 is 4.79 Å². The van der Waals surface area contributed by atoms with Crippen LogP contribution in [0.5, 0.6) is 0 Å². The third-order valence-electron chi connectivity index (χ3n) is 1.93. The number of nitrogens with one attached hydrogen (secondary N) is 2. The van der Waals surface area contributed by atoms with E-state index in [9.17, 15) is 4.79 Å². The minimum Gasteiger partial charge on any atom is -0.324 e. The molecular formula is C12H18Cl2N2OS. The van der Waals surface area contributed by atoms with E-state index in [4.69, 9.17) is 11.6 Å². The lowest BCUT2D eigenvalue weighted by molar-refractivity contribution is -0.115. The summed E-state index contributed by atoms with van der Waals surface area (Å²) in [5, 5.41) is 6.75. The molecule has 2 N–H and O–H groups in total. The zero-order valence-corrected chi connectivity index (χ0v) is 13.0. The van der Waals surface area contributed by atoms with Crippen molar-refractivity contribution in [3.8, 4) is 0 Å². The van der Waals surface area contributed by atoms with Crippen molar-refractivity contribution in [2.75, 3.05) is 18.9 Å². The van der Waals surface area contributed by atoms with Crippen molar-refractivity contribution >= 4 is 47.4 Å². The molecular weight excluding hydrogens is 291 g/mol. The second-order valence-corrected chi connectivity index (χ2v) is 5.86. The van der Waals surface area contributed by atoms with Crippen LogP contribution in [-0.2, 0) is 4.79 Å². The highest BCUT2D eigenvalue weighted by Crippen LogP contribution is 2.36. The van der Waals surface area contributed by atoms with Crippen LogP contribution in [0.2, 0.25) is 5.02 Å². The van der Waals surface area contributed by atoms with Crippen molar-refractivity contribution in [2.45, 2.75) is 24.0 Å². The van der Waals surface area contributed by atoms with Gasteiger partial charge in [-0.1, -0.05) is 31.5 Å². The first-order chi connectivity index (χ1) is 8.04. The van der Waals surface area contributed by atoms with Crippen LogP contribution in [-0.4, -0.2) is 24.7 Å². The fourth-order valence-corrected chi connectivity index (χ4v) is 2.52. The van der Waals surface area contributed by atoms with Crippen molar-refractivity contribution in [1.82, 2.24) is 5.32 Å². The Bertz CT molecular complexity index is 400. The Hall–Kier alpha value is -0.420. The summed E-state index contributed by atoms with van der Waals surface area (Å²) < 4.78 is 0. The third kappa shape index (κ3) is 5.48. The average molecular weight is 309 g/mol. The quantitative estimate of drug-likeness (QED) is 0.819. The molecule has 0 aliphatic heterocycles. The Balaban J connectivity index is 0.00000289. The largest absolute Gasteiger partial charge is 0.324 e. The number of halogens is 2. The molecule has 18 heavy (non-hydrogen) atoms. The summed E-state index contributed by atoms with van der Waals surface area (Å²) in [5.74, 6) is -0.0691. The van der Waals surface area contributed by atoms with Gasteiger partial charge in [-0.25, -0.2) is 0 Å². The van der Waals surface area contributed by atoms with Crippen LogP contribution < -0.4 is 10.6 Å². The van der Waals surface area contributed by atoms with Gasteiger partial charge >= 0.3 is 0 Å². The molecule has 0 saturated carbocycles. The average Bonchev–Trinajstić information content (AvgIpc) is 2.23. The van der Waals surface area contributed by atoms with Gasteiger partial charge in [0, 0.05) is 10.1 Å². The summed E-state index contributed by atoms with van der Waals surface area (Å²) in [6, 6.07) is 5.53. The number of thioether (sulfide) groups is 1. The number of amides is 1. The highest BCUT2D eigenvalue weighted by atomic mass is 35.5. The van der Waals surface area contributed by atoms with Gasteiger partial charge in [-0.15, -0.1) is 24.2 Å². The molecule has 1 aromatic rings. The Morgan fingerprint density at radius 1 is 1.44 bits per heavy atom. The summed E-state index contributed by atoms with van der Waals surface area (Å²) in [6.45, 7) is 4.47. The van der Waals surface area contributed by atoms with E-state index in [1.54, 1.807) is 18.8 Å². The van der Waals surface area contributed by atoms with Crippen LogP contribution in [0.1, 0.15) is 13.8 Å². The molecule has 0 atom stereocenters. The van der Waals surface area contributed by atoms with Gasteiger partial charge in [-0.05, 0) is 19.2 Å². The third-order valence-corrected chi connectivity index (χ3v) is 3.51. The van der Waals surface area contributed by atoms with Crippen LogP contribution >= 0.6 is 35.8 Å². The van der Waals surface area contributed by atoms with Crippen LogP contribution in [0.3, 0.4) is 0 Å². The van der Waals surface area contributed by atoms with Gasteiger partial charge < -0.3 is 10.6 Å². The molecule has 1 rings (SSSR count). The van der Waals surface area contributed by atoms with E-state index in [0.29, 0.717) is 10.3 Å². The first-order valence-corrected chi connectivity index (χ1v) is 6.70. The highest BCUT2D eigenvalue weighted by Gasteiger charge is 2.11. The van der Waals surface area contributed by atoms with Crippen LogP contribution in [0.15, 0.2) is 23.1 Å². The lowest BCUT2D eigenvalue weighted by Gasteiger charge is -2.13. The predicted molar refractivity (Wildman–Crippen MR) is 82.2 cm³/mol. The molecule has 0 aromatic heterocycles. The van der Waals surface area contributed by atoms with Gasteiger partial charge in [0.1, 0.15) is 0 Å². The molecule has 0 bridgehead atoms. The SMILES string of the molecule is CNCC(=O)Nc1cccc(Cl)c1SC(C)C.Cl. The molecule has 0 aliphatic carbocycles. The Morgan fingerprint density at radius 3 is 2.67 bits per heavy atom. The monoisotopic (exact) mass is 308 g/mol. The minimum absolute atomic E-state index is 0. The maximum Gasteiger partial charge on any atom is 0.238 e. The number of carbonyl (C=O) groups excluding carboxylic acids is 1. The number of rotatable bonds is 5. The number of hydrogen-bond acceptors (Lipinski definition) is 3. The Kier molecular flexibility index (Phi) is 8.44. The molecule has 0 spiro atoms. The summed E-state index contributed by atoms with van der Waals surface area (Å²) in [6.07, 6.45) is 0. The summed E-state index contributed by atoms with van der Waals surface area (Å²) in [7, 11) is 1.74. The van der Waals surface area contributed by atoms with E-state index in [1.807, 2.05) is 18.2 Å². The molecule has 0 fully saturated rings. The van der Waals surface area contributed by atoms with Gasteiger partial charge in [0.05, 0.1) is 17.3 Å². The molecule has 1 amide bonds. The van der Waals surface area contributed by atoms with Crippen molar-refractivity contribution in [2.24, 2.45) is 0 Å². The van der Waals surface area contributed by atoms with Crippen LogP contribution in [0, 0.1) is 0 Å². The minimum atomic E-state index is -0.0691. The number of benzene rings is 1. The van der Waals surface area contributed by atoms with E-state index in [1.165, 1.54) is 0 Å². The van der Waals surface area contributed by atoms with E-state index in [0.717, 1.165) is 10.6 Å². The zero-order valence-electron chi connectivity index (χ0n) is 10.6. The number of hydrogen-bond donors (Lipinski definition) is 2. The van der Waals surface area contributed by atoms with E-state index < -0.39 is 0 Å². The van der Waals surface area contributed by atoms with Crippen molar-refractivity contribution in [3.63, 3.8) is 0 Å². The Morgan fingerprint density at radius 2 is 2.11 bits per heavy atom. The molecule has 0 unspecified atom stereocenters. The van der Waals surface area contributed by atoms with Gasteiger partial charge in [0.2, 0.25) is 5.91 Å². The maximum atomic E-state index is 11.5. The molecule has 0 radical (unpaired) electrons. The lowest BCUT2D eigenvalue weighted by Crippen LogP contribution is -2.25. The second-order valence-electron chi connectivity index (χ2n) is 3.86. The normalized spacial score (nSPS) is 10.1. The molecule has 0 heterocycles. The van der Waals surface area contributed by atoms with Gasteiger partial charge in [0.25, 0.3) is 0 Å². The molecule has 3 nitrogen and oxygen atoms in total. The summed E-state index contributed by atoms with van der Waals surface area (Å²) in [4.78, 5) is 12.5. The van der Waals surface area contributed by atoms with Gasteiger partial charge in [-0.2, -0.15) is 0 Å². The first-order valence-electron chi connectivity index (χ1n) is 5.44. The predicted octanol–water partition coefficient (Wildman–Crippen LogP) is 3.42. The van der Waals surface area contributed by atoms with Gasteiger partial charge in [0.15, 0.2) is 0 Å². The lowest BCUT2D eigenvalue weighted by atomic mass is 10.3. The number of anilines is 1. The molecule has 6 heteroatoms. The topological polar surface area (TPSA) is 41.1 Å². The zero-order chi connectivity index (χ0) is 12.8. The summed E-state index contributed by atoms with van der Waals surface area (Å²) >= 11 is 7.79. The molecule has 0 aliphatic rings. The second kappa shape index (κ2) is 8.64. The standard InChI is InChI=1S/C12H17ClN2OS.ClH/c1-8(2)17-12-9(13)5-4-6-10(12)15-11(16)7-14-3;/h4-6,8,14H,7H2,1-3H3,(H,15,16);1H. The fraction of sp³-hybridized carbons (Fsp3) is 0.417. The van der Waals surface area contributed by atoms with Crippen LogP contribution in [0.4, 0.5) is 5.69 Å². The van der Waals surface area contributed by atoms with E-state index >= 15 is 0 Å². The maximum absolute atomic E-state index is 11.5. The van der Waals surface area contributed by atoms with Gasteiger partial charge in [-0.3, -0.25) is 4.79 Å². The molecule has 0 saturated heterocycles. The number of carbonyl (C=O) groups is 1. The number of likely N-dealkylation sites (N-methyl/N-ethyl adjacent to an activating group) is 1. The summed E-state index contributed by atoms with van der Waals surface area (Å²) in [5.41, 5.74) is 0.774. The first kappa shape index (κ1) is 17.6. The Labute approximate surface area is 123 Å².